The third kappa shape index (κ3) is 3.80. The highest BCUT2D eigenvalue weighted by molar-refractivity contribution is 5.83. The quantitative estimate of drug-likeness (QED) is 0.897. The highest BCUT2D eigenvalue weighted by Gasteiger charge is 2.46. The molecule has 130 valence electrons. The molecule has 1 aromatic carbocycles. The van der Waals surface area contributed by atoms with Crippen molar-refractivity contribution in [2.24, 2.45) is 11.8 Å². The normalized spacial score (nSPS) is 24.2. The van der Waals surface area contributed by atoms with Gasteiger partial charge in [0.25, 0.3) is 0 Å². The maximum Gasteiger partial charge on any atom is 0.303 e. The number of likely N-dealkylation sites (tertiary alicyclic amines) is 1. The van der Waals surface area contributed by atoms with E-state index in [0.717, 1.165) is 19.3 Å². The van der Waals surface area contributed by atoms with Crippen LogP contribution in [0.3, 0.4) is 0 Å². The van der Waals surface area contributed by atoms with Gasteiger partial charge in [0, 0.05) is 25.4 Å². The monoisotopic (exact) mass is 329 g/mol. The first kappa shape index (κ1) is 17.0. The molecule has 1 amide bonds. The number of carboxylic acid groups (broad SMARTS) is 1. The molecule has 0 aromatic heterocycles. The number of carbonyl (C=O) groups excluding carboxylic acids is 1. The third-order valence-corrected chi connectivity index (χ3v) is 5.53. The van der Waals surface area contributed by atoms with E-state index >= 15 is 0 Å². The summed E-state index contributed by atoms with van der Waals surface area (Å²) in [6, 6.07) is 8.70. The minimum Gasteiger partial charge on any atom is -0.481 e. The molecule has 1 saturated carbocycles. The number of aliphatic carboxylic acids is 1. The van der Waals surface area contributed by atoms with E-state index in [-0.39, 0.29) is 24.2 Å². The number of carboxylic acids is 1. The second-order valence-electron chi connectivity index (χ2n) is 7.64. The number of amides is 1. The summed E-state index contributed by atoms with van der Waals surface area (Å²) in [5.74, 6) is 0.794. The summed E-state index contributed by atoms with van der Waals surface area (Å²) in [7, 11) is 0. The molecule has 1 aliphatic carbocycles. The van der Waals surface area contributed by atoms with Gasteiger partial charge in [-0.15, -0.1) is 0 Å². The van der Waals surface area contributed by atoms with Crippen LogP contribution in [-0.4, -0.2) is 35.0 Å². The van der Waals surface area contributed by atoms with E-state index in [1.165, 1.54) is 11.1 Å². The lowest BCUT2D eigenvalue weighted by Crippen LogP contribution is -2.39. The van der Waals surface area contributed by atoms with Crippen molar-refractivity contribution in [2.75, 3.05) is 13.1 Å². The van der Waals surface area contributed by atoms with Gasteiger partial charge in [-0.25, -0.2) is 0 Å². The number of benzene rings is 1. The Labute approximate surface area is 143 Å². The average molecular weight is 329 g/mol. The van der Waals surface area contributed by atoms with Gasteiger partial charge in [-0.3, -0.25) is 9.59 Å². The molecule has 1 aliphatic heterocycles. The number of piperidine rings is 1. The van der Waals surface area contributed by atoms with E-state index in [9.17, 15) is 9.59 Å². The van der Waals surface area contributed by atoms with E-state index in [1.807, 2.05) is 4.90 Å². The number of carbonyl (C=O) groups is 2. The van der Waals surface area contributed by atoms with Crippen molar-refractivity contribution in [1.29, 1.82) is 0 Å². The van der Waals surface area contributed by atoms with Crippen molar-refractivity contribution in [2.45, 2.75) is 51.4 Å². The lowest BCUT2D eigenvalue weighted by atomic mass is 9.93. The third-order valence-electron chi connectivity index (χ3n) is 5.53. The molecule has 0 spiro atoms. The van der Waals surface area contributed by atoms with Crippen LogP contribution in [0, 0.1) is 11.8 Å². The fourth-order valence-corrected chi connectivity index (χ4v) is 3.80. The van der Waals surface area contributed by atoms with Crippen LogP contribution in [0.1, 0.15) is 62.5 Å². The zero-order valence-electron chi connectivity index (χ0n) is 14.6. The average Bonchev–Trinajstić information content (AvgIpc) is 3.35. The largest absolute Gasteiger partial charge is 0.481 e. The molecule has 3 rings (SSSR count). The topological polar surface area (TPSA) is 57.6 Å². The molecular formula is C20H27NO3. The summed E-state index contributed by atoms with van der Waals surface area (Å²) < 4.78 is 0. The first-order valence-electron chi connectivity index (χ1n) is 9.06. The summed E-state index contributed by atoms with van der Waals surface area (Å²) in [5, 5.41) is 8.87. The molecule has 24 heavy (non-hydrogen) atoms. The van der Waals surface area contributed by atoms with Crippen molar-refractivity contribution < 1.29 is 14.7 Å². The Morgan fingerprint density at radius 2 is 1.79 bits per heavy atom. The number of nitrogens with zero attached hydrogens (tertiary/aromatic N) is 1. The molecule has 2 atom stereocenters. The van der Waals surface area contributed by atoms with Gasteiger partial charge in [0.15, 0.2) is 0 Å². The second-order valence-corrected chi connectivity index (χ2v) is 7.64. The number of hydrogen-bond acceptors (Lipinski definition) is 2. The zero-order chi connectivity index (χ0) is 17.3. The molecule has 1 heterocycles. The molecule has 2 fully saturated rings. The number of rotatable bonds is 5. The van der Waals surface area contributed by atoms with Crippen LogP contribution in [0.15, 0.2) is 24.3 Å². The predicted molar refractivity (Wildman–Crippen MR) is 92.9 cm³/mol. The van der Waals surface area contributed by atoms with Gasteiger partial charge in [-0.05, 0) is 48.1 Å². The van der Waals surface area contributed by atoms with E-state index < -0.39 is 5.97 Å². The van der Waals surface area contributed by atoms with E-state index in [1.54, 1.807) is 0 Å². The Morgan fingerprint density at radius 1 is 1.17 bits per heavy atom. The molecule has 2 unspecified atom stereocenters. The smallest absolute Gasteiger partial charge is 0.303 e. The molecule has 2 aliphatic rings. The fourth-order valence-electron chi connectivity index (χ4n) is 3.80. The fraction of sp³-hybridized carbons (Fsp3) is 0.600. The van der Waals surface area contributed by atoms with Crippen LogP contribution in [0.4, 0.5) is 0 Å². The summed E-state index contributed by atoms with van der Waals surface area (Å²) in [6.07, 6.45) is 2.82. The van der Waals surface area contributed by atoms with Gasteiger partial charge >= 0.3 is 5.97 Å². The van der Waals surface area contributed by atoms with Gasteiger partial charge < -0.3 is 10.0 Å². The van der Waals surface area contributed by atoms with E-state index in [2.05, 4.69) is 38.1 Å². The molecule has 0 bridgehead atoms. The molecule has 1 aromatic rings. The van der Waals surface area contributed by atoms with Crippen LogP contribution >= 0.6 is 0 Å². The van der Waals surface area contributed by atoms with Crippen molar-refractivity contribution >= 4 is 11.9 Å². The zero-order valence-corrected chi connectivity index (χ0v) is 14.6. The molecule has 1 saturated heterocycles. The first-order valence-corrected chi connectivity index (χ1v) is 9.06. The van der Waals surface area contributed by atoms with Crippen LogP contribution < -0.4 is 0 Å². The van der Waals surface area contributed by atoms with E-state index in [0.29, 0.717) is 24.9 Å². The Morgan fingerprint density at radius 3 is 2.33 bits per heavy atom. The lowest BCUT2D eigenvalue weighted by Gasteiger charge is -2.31. The Bertz CT molecular complexity index is 600. The van der Waals surface area contributed by atoms with Crippen LogP contribution in [0.2, 0.25) is 0 Å². The lowest BCUT2D eigenvalue weighted by molar-refractivity contribution is -0.138. The summed E-state index contributed by atoms with van der Waals surface area (Å²) >= 11 is 0. The highest BCUT2D eigenvalue weighted by Crippen LogP contribution is 2.49. The second kappa shape index (κ2) is 6.96. The minimum atomic E-state index is -0.730. The van der Waals surface area contributed by atoms with Gasteiger partial charge in [0.2, 0.25) is 5.91 Å². The maximum atomic E-state index is 12.7. The van der Waals surface area contributed by atoms with Crippen LogP contribution in [0.25, 0.3) is 0 Å². The van der Waals surface area contributed by atoms with Crippen molar-refractivity contribution in [3.8, 4) is 0 Å². The standard InChI is InChI=1S/C20H27NO3/c1-13(2)15-3-5-16(6-4-15)17-12-18(17)20(24)21-9-7-14(8-10-21)11-19(22)23/h3-6,13-14,17-18H,7-12H2,1-2H3,(H,22,23). The Balaban J connectivity index is 1.52. The number of hydrogen-bond donors (Lipinski definition) is 1. The van der Waals surface area contributed by atoms with Gasteiger partial charge in [-0.1, -0.05) is 38.1 Å². The molecule has 0 radical (unpaired) electrons. The van der Waals surface area contributed by atoms with Crippen molar-refractivity contribution in [3.63, 3.8) is 0 Å². The van der Waals surface area contributed by atoms with Crippen LogP contribution in [0.5, 0.6) is 0 Å². The first-order chi connectivity index (χ1) is 11.5. The Kier molecular flexibility index (Phi) is 4.93. The summed E-state index contributed by atoms with van der Waals surface area (Å²) in [6.45, 7) is 5.80. The maximum absolute atomic E-state index is 12.7. The van der Waals surface area contributed by atoms with E-state index in [4.69, 9.17) is 5.11 Å². The van der Waals surface area contributed by atoms with Crippen molar-refractivity contribution in [1.82, 2.24) is 4.90 Å². The van der Waals surface area contributed by atoms with Gasteiger partial charge in [-0.2, -0.15) is 0 Å². The van der Waals surface area contributed by atoms with Gasteiger partial charge in [0.1, 0.15) is 0 Å². The Hall–Kier alpha value is -1.84. The SMILES string of the molecule is CC(C)c1ccc(C2CC2C(=O)N2CCC(CC(=O)O)CC2)cc1. The molecule has 4 nitrogen and oxygen atoms in total. The predicted octanol–water partition coefficient (Wildman–Crippen LogP) is 3.63. The molecule has 4 heteroatoms. The molecular weight excluding hydrogens is 302 g/mol. The summed E-state index contributed by atoms with van der Waals surface area (Å²) in [5.41, 5.74) is 2.61. The van der Waals surface area contributed by atoms with Crippen LogP contribution in [-0.2, 0) is 9.59 Å². The summed E-state index contributed by atoms with van der Waals surface area (Å²) in [4.78, 5) is 25.4. The van der Waals surface area contributed by atoms with Crippen molar-refractivity contribution in [3.05, 3.63) is 35.4 Å². The highest BCUT2D eigenvalue weighted by atomic mass is 16.4. The minimum absolute atomic E-state index is 0.130. The molecule has 1 N–H and O–H groups in total. The van der Waals surface area contributed by atoms with Gasteiger partial charge in [0.05, 0.1) is 0 Å².